The van der Waals surface area contributed by atoms with E-state index in [-0.39, 0.29) is 24.1 Å². The predicted molar refractivity (Wildman–Crippen MR) is 61.3 cm³/mol. The minimum absolute atomic E-state index is 0.0582. The van der Waals surface area contributed by atoms with Crippen LogP contribution < -0.4 is 16.2 Å². The highest BCUT2D eigenvalue weighted by atomic mass is 16.2. The van der Waals surface area contributed by atoms with Gasteiger partial charge in [-0.15, -0.1) is 0 Å². The first kappa shape index (κ1) is 12.2. The zero-order chi connectivity index (χ0) is 12.1. The van der Waals surface area contributed by atoms with Crippen LogP contribution in [0.5, 0.6) is 0 Å². The van der Waals surface area contributed by atoms with Gasteiger partial charge in [-0.3, -0.25) is 9.59 Å². The smallest absolute Gasteiger partial charge is 0.269 e. The molecule has 6 nitrogen and oxygen atoms in total. The first-order valence-electron chi connectivity index (χ1n) is 5.07. The summed E-state index contributed by atoms with van der Waals surface area (Å²) < 4.78 is 1.12. The number of likely N-dealkylation sites (N-methyl/N-ethyl adjacent to an activating group) is 1. The molecule has 1 heterocycles. The Labute approximate surface area is 93.7 Å². The summed E-state index contributed by atoms with van der Waals surface area (Å²) in [5.41, 5.74) is 0.363. The third-order valence-electron chi connectivity index (χ3n) is 1.90. The van der Waals surface area contributed by atoms with Crippen LogP contribution in [0.15, 0.2) is 17.1 Å². The first-order valence-corrected chi connectivity index (χ1v) is 5.07. The summed E-state index contributed by atoms with van der Waals surface area (Å²) in [5, 5.41) is 9.40. The summed E-state index contributed by atoms with van der Waals surface area (Å²) in [6.45, 7) is 3.88. The molecule has 1 aromatic heterocycles. The standard InChI is InChI=1S/C10H16N4O2/c1-7(2)13-8-4-10(16)14(12-5-8)6-9(15)11-3/h4-5,7,13H,6H2,1-3H3,(H,11,15). The predicted octanol–water partition coefficient (Wildman–Crippen LogP) is -0.190. The normalized spacial score (nSPS) is 10.2. The quantitative estimate of drug-likeness (QED) is 0.743. The summed E-state index contributed by atoms with van der Waals surface area (Å²) in [5.74, 6) is -0.251. The molecule has 16 heavy (non-hydrogen) atoms. The molecule has 0 saturated carbocycles. The van der Waals surface area contributed by atoms with Gasteiger partial charge in [0, 0.05) is 19.2 Å². The molecule has 0 fully saturated rings. The summed E-state index contributed by atoms with van der Waals surface area (Å²) in [6.07, 6.45) is 1.53. The summed E-state index contributed by atoms with van der Waals surface area (Å²) in [4.78, 5) is 22.6. The number of hydrogen-bond donors (Lipinski definition) is 2. The fraction of sp³-hybridized carbons (Fsp3) is 0.500. The minimum atomic E-state index is -0.297. The highest BCUT2D eigenvalue weighted by molar-refractivity contribution is 5.75. The van der Waals surface area contributed by atoms with Crippen LogP contribution in [0.4, 0.5) is 5.69 Å². The number of carbonyl (C=O) groups is 1. The molecule has 0 saturated heterocycles. The Bertz CT molecular complexity index is 425. The second kappa shape index (κ2) is 5.29. The Morgan fingerprint density at radius 3 is 2.75 bits per heavy atom. The fourth-order valence-electron chi connectivity index (χ4n) is 1.18. The summed E-state index contributed by atoms with van der Waals surface area (Å²) in [6, 6.07) is 1.66. The molecule has 1 rings (SSSR count). The van der Waals surface area contributed by atoms with Crippen LogP contribution >= 0.6 is 0 Å². The van der Waals surface area contributed by atoms with Crippen molar-refractivity contribution in [2.24, 2.45) is 0 Å². The van der Waals surface area contributed by atoms with E-state index in [4.69, 9.17) is 0 Å². The lowest BCUT2D eigenvalue weighted by Crippen LogP contribution is -2.31. The average Bonchev–Trinajstić information content (AvgIpc) is 2.21. The van der Waals surface area contributed by atoms with E-state index in [2.05, 4.69) is 15.7 Å². The van der Waals surface area contributed by atoms with Gasteiger partial charge in [-0.1, -0.05) is 0 Å². The molecule has 2 N–H and O–H groups in total. The van der Waals surface area contributed by atoms with E-state index in [1.165, 1.54) is 19.3 Å². The lowest BCUT2D eigenvalue weighted by Gasteiger charge is -2.10. The van der Waals surface area contributed by atoms with Gasteiger partial charge in [0.1, 0.15) is 6.54 Å². The topological polar surface area (TPSA) is 76.0 Å². The zero-order valence-corrected chi connectivity index (χ0v) is 9.65. The van der Waals surface area contributed by atoms with E-state index in [0.29, 0.717) is 5.69 Å². The lowest BCUT2D eigenvalue weighted by atomic mass is 10.3. The molecule has 0 aliphatic carbocycles. The fourth-order valence-corrected chi connectivity index (χ4v) is 1.18. The molecule has 1 amide bonds. The first-order chi connectivity index (χ1) is 7.52. The van der Waals surface area contributed by atoms with Crippen LogP contribution in [0.2, 0.25) is 0 Å². The van der Waals surface area contributed by atoms with Crippen molar-refractivity contribution in [3.63, 3.8) is 0 Å². The van der Waals surface area contributed by atoms with Crippen molar-refractivity contribution in [3.05, 3.63) is 22.6 Å². The van der Waals surface area contributed by atoms with Gasteiger partial charge in [-0.05, 0) is 13.8 Å². The molecule has 0 spiro atoms. The highest BCUT2D eigenvalue weighted by Gasteiger charge is 2.04. The molecule has 88 valence electrons. The number of anilines is 1. The molecule has 0 bridgehead atoms. The van der Waals surface area contributed by atoms with Gasteiger partial charge in [-0.2, -0.15) is 5.10 Å². The van der Waals surface area contributed by atoms with Gasteiger partial charge in [-0.25, -0.2) is 4.68 Å². The second-order valence-corrected chi connectivity index (χ2v) is 3.71. The SMILES string of the molecule is CNC(=O)Cn1ncc(NC(C)C)cc1=O. The Balaban J connectivity index is 2.83. The van der Waals surface area contributed by atoms with Crippen molar-refractivity contribution in [1.82, 2.24) is 15.1 Å². The molecule has 0 unspecified atom stereocenters. The number of nitrogens with one attached hydrogen (secondary N) is 2. The van der Waals surface area contributed by atoms with Crippen molar-refractivity contribution in [2.75, 3.05) is 12.4 Å². The number of aromatic nitrogens is 2. The average molecular weight is 224 g/mol. The van der Waals surface area contributed by atoms with E-state index in [1.54, 1.807) is 0 Å². The maximum atomic E-state index is 11.6. The third-order valence-corrected chi connectivity index (χ3v) is 1.90. The van der Waals surface area contributed by atoms with Crippen LogP contribution in [0.3, 0.4) is 0 Å². The summed E-state index contributed by atoms with van der Waals surface area (Å²) in [7, 11) is 1.52. The number of carbonyl (C=O) groups excluding carboxylic acids is 1. The van der Waals surface area contributed by atoms with Crippen LogP contribution in [-0.4, -0.2) is 28.8 Å². The Hall–Kier alpha value is -1.85. The molecule has 0 radical (unpaired) electrons. The largest absolute Gasteiger partial charge is 0.381 e. The van der Waals surface area contributed by atoms with Gasteiger partial charge in [0.25, 0.3) is 5.56 Å². The number of amides is 1. The Morgan fingerprint density at radius 1 is 1.56 bits per heavy atom. The maximum absolute atomic E-state index is 11.6. The van der Waals surface area contributed by atoms with Crippen molar-refractivity contribution < 1.29 is 4.79 Å². The highest BCUT2D eigenvalue weighted by Crippen LogP contribution is 2.01. The summed E-state index contributed by atoms with van der Waals surface area (Å²) >= 11 is 0. The molecule has 6 heteroatoms. The van der Waals surface area contributed by atoms with Crippen LogP contribution in [0.25, 0.3) is 0 Å². The Kier molecular flexibility index (Phi) is 4.04. The zero-order valence-electron chi connectivity index (χ0n) is 9.65. The van der Waals surface area contributed by atoms with E-state index in [9.17, 15) is 9.59 Å². The van der Waals surface area contributed by atoms with Crippen molar-refractivity contribution >= 4 is 11.6 Å². The Morgan fingerprint density at radius 2 is 2.25 bits per heavy atom. The van der Waals surface area contributed by atoms with E-state index >= 15 is 0 Å². The molecule has 0 aromatic carbocycles. The van der Waals surface area contributed by atoms with Crippen molar-refractivity contribution in [3.8, 4) is 0 Å². The van der Waals surface area contributed by atoms with Crippen LogP contribution in [0.1, 0.15) is 13.8 Å². The molecule has 0 aliphatic heterocycles. The van der Waals surface area contributed by atoms with Crippen molar-refractivity contribution in [1.29, 1.82) is 0 Å². The maximum Gasteiger partial charge on any atom is 0.269 e. The van der Waals surface area contributed by atoms with Crippen LogP contribution in [0, 0.1) is 0 Å². The minimum Gasteiger partial charge on any atom is -0.381 e. The lowest BCUT2D eigenvalue weighted by molar-refractivity contribution is -0.121. The van der Waals surface area contributed by atoms with E-state index in [1.807, 2.05) is 13.8 Å². The second-order valence-electron chi connectivity index (χ2n) is 3.71. The molecular formula is C10H16N4O2. The molecule has 0 aliphatic rings. The third kappa shape index (κ3) is 3.38. The van der Waals surface area contributed by atoms with Gasteiger partial charge in [0.15, 0.2) is 0 Å². The van der Waals surface area contributed by atoms with Gasteiger partial charge >= 0.3 is 0 Å². The van der Waals surface area contributed by atoms with Gasteiger partial charge < -0.3 is 10.6 Å². The van der Waals surface area contributed by atoms with Crippen molar-refractivity contribution in [2.45, 2.75) is 26.4 Å². The molecule has 1 aromatic rings. The molecular weight excluding hydrogens is 208 g/mol. The van der Waals surface area contributed by atoms with E-state index in [0.717, 1.165) is 4.68 Å². The van der Waals surface area contributed by atoms with E-state index < -0.39 is 0 Å². The molecule has 0 atom stereocenters. The monoisotopic (exact) mass is 224 g/mol. The number of hydrogen-bond acceptors (Lipinski definition) is 4. The number of nitrogens with zero attached hydrogens (tertiary/aromatic N) is 2. The number of rotatable bonds is 4. The van der Waals surface area contributed by atoms with Gasteiger partial charge in [0.05, 0.1) is 11.9 Å². The van der Waals surface area contributed by atoms with Gasteiger partial charge in [0.2, 0.25) is 5.91 Å². The van der Waals surface area contributed by atoms with Crippen LogP contribution in [-0.2, 0) is 11.3 Å².